The number of hydrogen-bond donors (Lipinski definition) is 0. The molecule has 1 heterocycles. The molecule has 2 rings (SSSR count). The first kappa shape index (κ1) is 15.0. The van der Waals surface area contributed by atoms with Gasteiger partial charge in [-0.05, 0) is 19.4 Å². The number of thiocarbonyl (C=S) groups is 1. The molecule has 20 heavy (non-hydrogen) atoms. The zero-order valence-corrected chi connectivity index (χ0v) is 12.9. The maximum absolute atomic E-state index is 12.2. The first-order valence-corrected chi connectivity index (χ1v) is 7.56. The van der Waals surface area contributed by atoms with Crippen molar-refractivity contribution in [1.82, 2.24) is 4.90 Å². The molecular weight excluding hydrogens is 294 g/mol. The minimum Gasteiger partial charge on any atom is -0.465 e. The van der Waals surface area contributed by atoms with Gasteiger partial charge in [0.25, 0.3) is 5.91 Å². The molecule has 1 aromatic rings. The van der Waals surface area contributed by atoms with Crippen LogP contribution in [0.25, 0.3) is 0 Å². The van der Waals surface area contributed by atoms with E-state index >= 15 is 0 Å². The first-order valence-electron chi connectivity index (χ1n) is 6.27. The second-order valence-electron chi connectivity index (χ2n) is 4.43. The Balaban J connectivity index is 2.09. The lowest BCUT2D eigenvalue weighted by Gasteiger charge is -2.15. The van der Waals surface area contributed by atoms with Crippen molar-refractivity contribution >= 4 is 40.2 Å². The fourth-order valence-corrected chi connectivity index (χ4v) is 3.15. The molecule has 0 aromatic heterocycles. The van der Waals surface area contributed by atoms with Gasteiger partial charge in [0, 0.05) is 0 Å². The topological polar surface area (TPSA) is 46.6 Å². The molecule has 1 aromatic carbocycles. The van der Waals surface area contributed by atoms with Crippen molar-refractivity contribution in [3.05, 3.63) is 35.4 Å². The number of nitrogens with zero attached hydrogens (tertiary/aromatic N) is 1. The Morgan fingerprint density at radius 1 is 1.40 bits per heavy atom. The maximum Gasteiger partial charge on any atom is 0.329 e. The van der Waals surface area contributed by atoms with Gasteiger partial charge in [-0.25, -0.2) is 0 Å². The van der Waals surface area contributed by atoms with Crippen LogP contribution in [0.4, 0.5) is 0 Å². The number of hydrogen-bond acceptors (Lipinski definition) is 5. The standard InChI is InChI=1S/C14H15NO3S2/c1-3-18-13(17)11-12(16)15(14(19)20-11)8-10-6-4-9(2)5-7-10/h4-7,11H,3,8H2,1-2H3. The predicted octanol–water partition coefficient (Wildman–Crippen LogP) is 2.29. The van der Waals surface area contributed by atoms with E-state index in [9.17, 15) is 9.59 Å². The van der Waals surface area contributed by atoms with Gasteiger partial charge in [-0.15, -0.1) is 0 Å². The minimum atomic E-state index is -0.854. The zero-order chi connectivity index (χ0) is 14.7. The van der Waals surface area contributed by atoms with E-state index in [2.05, 4.69) is 0 Å². The van der Waals surface area contributed by atoms with Crippen molar-refractivity contribution in [3.63, 3.8) is 0 Å². The Kier molecular flexibility index (Phi) is 4.77. The Labute approximate surface area is 127 Å². The van der Waals surface area contributed by atoms with E-state index in [-0.39, 0.29) is 12.5 Å². The summed E-state index contributed by atoms with van der Waals surface area (Å²) in [7, 11) is 0. The van der Waals surface area contributed by atoms with E-state index in [0.717, 1.165) is 22.9 Å². The van der Waals surface area contributed by atoms with Crippen molar-refractivity contribution in [1.29, 1.82) is 0 Å². The Hall–Kier alpha value is -1.40. The van der Waals surface area contributed by atoms with Crippen LogP contribution in [0.5, 0.6) is 0 Å². The number of aryl methyl sites for hydroxylation is 1. The number of carbonyl (C=O) groups is 2. The van der Waals surface area contributed by atoms with Gasteiger partial charge < -0.3 is 4.74 Å². The Bertz CT molecular complexity index is 542. The van der Waals surface area contributed by atoms with Crippen molar-refractivity contribution in [2.75, 3.05) is 6.61 Å². The highest BCUT2D eigenvalue weighted by Gasteiger charge is 2.42. The monoisotopic (exact) mass is 309 g/mol. The average Bonchev–Trinajstić information content (AvgIpc) is 2.69. The van der Waals surface area contributed by atoms with Crippen molar-refractivity contribution in [2.45, 2.75) is 25.6 Å². The van der Waals surface area contributed by atoms with Crippen LogP contribution in [-0.4, -0.2) is 33.0 Å². The van der Waals surface area contributed by atoms with Gasteiger partial charge in [0.05, 0.1) is 13.2 Å². The third-order valence-electron chi connectivity index (χ3n) is 2.89. The van der Waals surface area contributed by atoms with Gasteiger partial charge in [0.2, 0.25) is 0 Å². The summed E-state index contributed by atoms with van der Waals surface area (Å²) in [5.74, 6) is -0.810. The molecule has 0 saturated carbocycles. The number of carbonyl (C=O) groups excluding carboxylic acids is 2. The number of rotatable bonds is 4. The van der Waals surface area contributed by atoms with Gasteiger partial charge in [-0.2, -0.15) is 0 Å². The second kappa shape index (κ2) is 6.37. The van der Waals surface area contributed by atoms with Crippen LogP contribution in [0.3, 0.4) is 0 Å². The summed E-state index contributed by atoms with van der Waals surface area (Å²) in [4.78, 5) is 25.4. The Morgan fingerprint density at radius 3 is 2.65 bits per heavy atom. The highest BCUT2D eigenvalue weighted by atomic mass is 32.2. The van der Waals surface area contributed by atoms with Crippen LogP contribution in [-0.2, 0) is 20.9 Å². The second-order valence-corrected chi connectivity index (χ2v) is 6.16. The molecule has 106 valence electrons. The molecule has 1 amide bonds. The quantitative estimate of drug-likeness (QED) is 0.485. The molecule has 0 radical (unpaired) electrons. The van der Waals surface area contributed by atoms with Crippen LogP contribution in [0, 0.1) is 6.92 Å². The molecule has 0 aliphatic carbocycles. The van der Waals surface area contributed by atoms with E-state index in [1.807, 2.05) is 31.2 Å². The summed E-state index contributed by atoms with van der Waals surface area (Å²) in [6, 6.07) is 7.87. The summed E-state index contributed by atoms with van der Waals surface area (Å²) in [6.45, 7) is 4.36. The average molecular weight is 309 g/mol. The summed E-state index contributed by atoms with van der Waals surface area (Å²) in [5, 5.41) is -0.854. The summed E-state index contributed by atoms with van der Waals surface area (Å²) < 4.78 is 5.32. The van der Waals surface area contributed by atoms with Crippen LogP contribution in [0.15, 0.2) is 24.3 Å². The third-order valence-corrected chi connectivity index (χ3v) is 4.45. The smallest absolute Gasteiger partial charge is 0.329 e. The first-order chi connectivity index (χ1) is 9.52. The van der Waals surface area contributed by atoms with Crippen LogP contribution in [0.1, 0.15) is 18.1 Å². The van der Waals surface area contributed by atoms with E-state index < -0.39 is 11.2 Å². The molecule has 1 atom stereocenters. The largest absolute Gasteiger partial charge is 0.465 e. The van der Waals surface area contributed by atoms with Crippen LogP contribution in [0.2, 0.25) is 0 Å². The molecule has 0 spiro atoms. The Morgan fingerprint density at radius 2 is 2.05 bits per heavy atom. The molecule has 1 unspecified atom stereocenters. The third kappa shape index (κ3) is 3.19. The highest BCUT2D eigenvalue weighted by Crippen LogP contribution is 2.29. The van der Waals surface area contributed by atoms with Crippen LogP contribution >= 0.6 is 24.0 Å². The fraction of sp³-hybridized carbons (Fsp3) is 0.357. The van der Waals surface area contributed by atoms with Gasteiger partial charge in [0.15, 0.2) is 5.25 Å². The maximum atomic E-state index is 12.2. The number of esters is 1. The van der Waals surface area contributed by atoms with E-state index in [4.69, 9.17) is 17.0 Å². The molecule has 0 N–H and O–H groups in total. The van der Waals surface area contributed by atoms with Gasteiger partial charge >= 0.3 is 5.97 Å². The molecule has 0 bridgehead atoms. The van der Waals surface area contributed by atoms with E-state index in [0.29, 0.717) is 10.9 Å². The van der Waals surface area contributed by atoms with Crippen LogP contribution < -0.4 is 0 Å². The summed E-state index contributed by atoms with van der Waals surface area (Å²) in [6.07, 6.45) is 0. The molecule has 1 aliphatic rings. The molecule has 1 aliphatic heterocycles. The van der Waals surface area contributed by atoms with Gasteiger partial charge in [-0.3, -0.25) is 14.5 Å². The molecule has 4 nitrogen and oxygen atoms in total. The normalized spacial score (nSPS) is 18.5. The molecule has 1 saturated heterocycles. The predicted molar refractivity (Wildman–Crippen MR) is 82.3 cm³/mol. The van der Waals surface area contributed by atoms with E-state index in [1.165, 1.54) is 4.90 Å². The van der Waals surface area contributed by atoms with Gasteiger partial charge in [0.1, 0.15) is 4.32 Å². The van der Waals surface area contributed by atoms with Crippen molar-refractivity contribution in [2.24, 2.45) is 0 Å². The summed E-state index contributed by atoms with van der Waals surface area (Å²) >= 11 is 6.27. The zero-order valence-electron chi connectivity index (χ0n) is 11.3. The number of benzene rings is 1. The number of thioether (sulfide) groups is 1. The number of amides is 1. The molecule has 1 fully saturated rings. The lowest BCUT2D eigenvalue weighted by atomic mass is 10.1. The molecule has 6 heteroatoms. The fourth-order valence-electron chi connectivity index (χ4n) is 1.83. The lowest BCUT2D eigenvalue weighted by Crippen LogP contribution is -2.35. The minimum absolute atomic E-state index is 0.258. The highest BCUT2D eigenvalue weighted by molar-refractivity contribution is 8.24. The number of ether oxygens (including phenoxy) is 1. The summed E-state index contributed by atoms with van der Waals surface area (Å²) in [5.41, 5.74) is 2.14. The molecular formula is C14H15NO3S2. The van der Waals surface area contributed by atoms with E-state index in [1.54, 1.807) is 6.92 Å². The van der Waals surface area contributed by atoms with Crippen molar-refractivity contribution < 1.29 is 14.3 Å². The van der Waals surface area contributed by atoms with Gasteiger partial charge in [-0.1, -0.05) is 53.8 Å². The van der Waals surface area contributed by atoms with Crippen molar-refractivity contribution in [3.8, 4) is 0 Å². The lowest BCUT2D eigenvalue weighted by molar-refractivity contribution is -0.146. The SMILES string of the molecule is CCOC(=O)C1SC(=S)N(Cc2ccc(C)cc2)C1=O.